The van der Waals surface area contributed by atoms with Gasteiger partial charge in [-0.1, -0.05) is 30.3 Å². The number of aliphatic hydroxyl groups excluding tert-OH is 1. The summed E-state index contributed by atoms with van der Waals surface area (Å²) in [6, 6.07) is 9.94. The van der Waals surface area contributed by atoms with Gasteiger partial charge in [-0.05, 0) is 32.4 Å². The van der Waals surface area contributed by atoms with Gasteiger partial charge in [0.25, 0.3) is 0 Å². The lowest BCUT2D eigenvalue weighted by molar-refractivity contribution is 0.0295. The first-order valence-corrected chi connectivity index (χ1v) is 6.73. The molecule has 0 amide bonds. The molecule has 1 aromatic carbocycles. The van der Waals surface area contributed by atoms with Crippen LogP contribution in [0.5, 0.6) is 0 Å². The third kappa shape index (κ3) is 3.31. The minimum atomic E-state index is -0.447. The van der Waals surface area contributed by atoms with Crippen molar-refractivity contribution in [3.05, 3.63) is 35.9 Å². The highest BCUT2D eigenvalue weighted by Gasteiger charge is 2.24. The molecule has 0 spiro atoms. The lowest BCUT2D eigenvalue weighted by Gasteiger charge is -2.30. The molecule has 2 rings (SSSR count). The Kier molecular flexibility index (Phi) is 4.75. The Morgan fingerprint density at radius 1 is 1.39 bits per heavy atom. The van der Waals surface area contributed by atoms with Crippen LogP contribution in [0, 0.1) is 0 Å². The molecule has 1 saturated heterocycles. The molecule has 1 N–H and O–H groups in total. The van der Waals surface area contributed by atoms with Crippen LogP contribution < -0.4 is 0 Å². The molecule has 18 heavy (non-hydrogen) atoms. The number of hydrogen-bond acceptors (Lipinski definition) is 3. The van der Waals surface area contributed by atoms with Gasteiger partial charge in [-0.2, -0.15) is 0 Å². The molecule has 3 heteroatoms. The summed E-state index contributed by atoms with van der Waals surface area (Å²) >= 11 is 0. The van der Waals surface area contributed by atoms with Crippen LogP contribution in [-0.4, -0.2) is 42.4 Å². The molecule has 0 aromatic heterocycles. The highest BCUT2D eigenvalue weighted by Crippen LogP contribution is 2.21. The van der Waals surface area contributed by atoms with E-state index in [0.717, 1.165) is 31.6 Å². The number of benzene rings is 1. The molecule has 0 radical (unpaired) electrons. The number of rotatable bonds is 5. The highest BCUT2D eigenvalue weighted by atomic mass is 16.5. The summed E-state index contributed by atoms with van der Waals surface area (Å²) in [5.41, 5.74) is 0.976. The molecular weight excluding hydrogens is 226 g/mol. The maximum Gasteiger partial charge on any atom is 0.0942 e. The van der Waals surface area contributed by atoms with E-state index in [-0.39, 0.29) is 6.04 Å². The zero-order chi connectivity index (χ0) is 13.0. The second kappa shape index (κ2) is 6.32. The zero-order valence-corrected chi connectivity index (χ0v) is 11.2. The molecule has 1 aliphatic heterocycles. The van der Waals surface area contributed by atoms with Gasteiger partial charge in [-0.25, -0.2) is 0 Å². The molecule has 0 saturated carbocycles. The van der Waals surface area contributed by atoms with E-state index >= 15 is 0 Å². The second-order valence-electron chi connectivity index (χ2n) is 5.17. The minimum Gasteiger partial charge on any atom is -0.387 e. The van der Waals surface area contributed by atoms with Crippen molar-refractivity contribution in [3.8, 4) is 0 Å². The van der Waals surface area contributed by atoms with Crippen molar-refractivity contribution in [2.45, 2.75) is 38.0 Å². The lowest BCUT2D eigenvalue weighted by Crippen LogP contribution is -2.39. The van der Waals surface area contributed by atoms with Crippen LogP contribution in [0.1, 0.15) is 31.4 Å². The Morgan fingerprint density at radius 2 is 2.11 bits per heavy atom. The molecule has 3 nitrogen and oxygen atoms in total. The summed E-state index contributed by atoms with van der Waals surface area (Å²) in [6.45, 7) is 3.84. The first-order valence-electron chi connectivity index (χ1n) is 6.73. The number of hydrogen-bond donors (Lipinski definition) is 1. The molecular formula is C15H23NO2. The number of likely N-dealkylation sites (N-methyl/N-ethyl adjacent to an activating group) is 1. The SMILES string of the molecule is C[C@@H]([C@@H](O)c1ccccc1)N(C)CC1CCCO1. The van der Waals surface area contributed by atoms with Crippen LogP contribution in [0.2, 0.25) is 0 Å². The fourth-order valence-electron chi connectivity index (χ4n) is 2.45. The average Bonchev–Trinajstić information content (AvgIpc) is 2.91. The van der Waals surface area contributed by atoms with E-state index in [2.05, 4.69) is 18.9 Å². The summed E-state index contributed by atoms with van der Waals surface area (Å²) in [4.78, 5) is 2.19. The Morgan fingerprint density at radius 3 is 2.72 bits per heavy atom. The quantitative estimate of drug-likeness (QED) is 0.868. The van der Waals surface area contributed by atoms with Gasteiger partial charge in [0, 0.05) is 19.2 Å². The fraction of sp³-hybridized carbons (Fsp3) is 0.600. The van der Waals surface area contributed by atoms with Crippen LogP contribution >= 0.6 is 0 Å². The molecule has 1 aromatic rings. The smallest absolute Gasteiger partial charge is 0.0942 e. The maximum atomic E-state index is 10.4. The second-order valence-corrected chi connectivity index (χ2v) is 5.17. The van der Waals surface area contributed by atoms with Crippen molar-refractivity contribution < 1.29 is 9.84 Å². The first-order chi connectivity index (χ1) is 8.68. The number of aliphatic hydroxyl groups is 1. The Hall–Kier alpha value is -0.900. The van der Waals surface area contributed by atoms with Crippen molar-refractivity contribution in [2.75, 3.05) is 20.2 Å². The normalized spacial score (nSPS) is 23.2. The minimum absolute atomic E-state index is 0.0941. The van der Waals surface area contributed by atoms with Gasteiger partial charge in [0.15, 0.2) is 0 Å². The van der Waals surface area contributed by atoms with Gasteiger partial charge >= 0.3 is 0 Å². The molecule has 1 unspecified atom stereocenters. The summed E-state index contributed by atoms with van der Waals surface area (Å²) in [5, 5.41) is 10.4. The molecule has 3 atom stereocenters. The summed E-state index contributed by atoms with van der Waals surface area (Å²) in [7, 11) is 2.05. The van der Waals surface area contributed by atoms with Crippen LogP contribution in [0.3, 0.4) is 0 Å². The topological polar surface area (TPSA) is 32.7 Å². The summed E-state index contributed by atoms with van der Waals surface area (Å²) in [6.07, 6.45) is 2.19. The van der Waals surface area contributed by atoms with Crippen molar-refractivity contribution >= 4 is 0 Å². The third-order valence-electron chi connectivity index (χ3n) is 3.81. The van der Waals surface area contributed by atoms with Crippen molar-refractivity contribution in [1.82, 2.24) is 4.90 Å². The van der Waals surface area contributed by atoms with Crippen LogP contribution in [0.15, 0.2) is 30.3 Å². The standard InChI is InChI=1S/C15H23NO2/c1-12(15(17)13-7-4-3-5-8-13)16(2)11-14-9-6-10-18-14/h3-5,7-8,12,14-15,17H,6,9-11H2,1-2H3/t12-,14?,15+/m0/s1. The van der Waals surface area contributed by atoms with Gasteiger partial charge in [0.1, 0.15) is 0 Å². The first kappa shape index (κ1) is 13.5. The Balaban J connectivity index is 1.91. The van der Waals surface area contributed by atoms with E-state index in [1.54, 1.807) is 0 Å². The zero-order valence-electron chi connectivity index (χ0n) is 11.2. The third-order valence-corrected chi connectivity index (χ3v) is 3.81. The van der Waals surface area contributed by atoms with Crippen molar-refractivity contribution in [3.63, 3.8) is 0 Å². The van der Waals surface area contributed by atoms with Crippen LogP contribution in [-0.2, 0) is 4.74 Å². The predicted octanol–water partition coefficient (Wildman–Crippen LogP) is 2.22. The molecule has 1 heterocycles. The summed E-state index contributed by atoms with van der Waals surface area (Å²) < 4.78 is 5.64. The van der Waals surface area contributed by atoms with Gasteiger partial charge < -0.3 is 9.84 Å². The van der Waals surface area contributed by atoms with Crippen molar-refractivity contribution in [2.24, 2.45) is 0 Å². The highest BCUT2D eigenvalue weighted by molar-refractivity contribution is 5.18. The van der Waals surface area contributed by atoms with E-state index in [1.165, 1.54) is 0 Å². The summed E-state index contributed by atoms with van der Waals surface area (Å²) in [5.74, 6) is 0. The van der Waals surface area contributed by atoms with E-state index in [4.69, 9.17) is 4.74 Å². The largest absolute Gasteiger partial charge is 0.387 e. The maximum absolute atomic E-state index is 10.4. The monoisotopic (exact) mass is 249 g/mol. The van der Waals surface area contributed by atoms with E-state index < -0.39 is 6.10 Å². The Bertz CT molecular complexity index is 349. The van der Waals surface area contributed by atoms with Crippen molar-refractivity contribution in [1.29, 1.82) is 0 Å². The molecule has 1 fully saturated rings. The predicted molar refractivity (Wildman–Crippen MR) is 72.5 cm³/mol. The molecule has 100 valence electrons. The van der Waals surface area contributed by atoms with Crippen LogP contribution in [0.4, 0.5) is 0 Å². The number of nitrogens with zero attached hydrogens (tertiary/aromatic N) is 1. The molecule has 0 aliphatic carbocycles. The van der Waals surface area contributed by atoms with E-state index in [1.807, 2.05) is 30.3 Å². The van der Waals surface area contributed by atoms with Gasteiger partial charge in [-0.15, -0.1) is 0 Å². The fourth-order valence-corrected chi connectivity index (χ4v) is 2.45. The molecule has 1 aliphatic rings. The van der Waals surface area contributed by atoms with Gasteiger partial charge in [0.05, 0.1) is 12.2 Å². The number of ether oxygens (including phenoxy) is 1. The van der Waals surface area contributed by atoms with Gasteiger partial charge in [-0.3, -0.25) is 4.90 Å². The lowest BCUT2D eigenvalue weighted by atomic mass is 10.0. The van der Waals surface area contributed by atoms with E-state index in [0.29, 0.717) is 6.10 Å². The Labute approximate surface area is 109 Å². The van der Waals surface area contributed by atoms with E-state index in [9.17, 15) is 5.11 Å². The molecule has 0 bridgehead atoms. The average molecular weight is 249 g/mol. The van der Waals surface area contributed by atoms with Crippen LogP contribution in [0.25, 0.3) is 0 Å². The van der Waals surface area contributed by atoms with Gasteiger partial charge in [0.2, 0.25) is 0 Å².